The summed E-state index contributed by atoms with van der Waals surface area (Å²) in [6, 6.07) is 0.0188. The Morgan fingerprint density at radius 1 is 1.43 bits per heavy atom. The molecule has 3 rings (SSSR count). The molecule has 112 valence electrons. The Kier molecular flexibility index (Phi) is 3.44. The van der Waals surface area contributed by atoms with Crippen molar-refractivity contribution >= 4 is 33.9 Å². The predicted octanol–water partition coefficient (Wildman–Crippen LogP) is 2.06. The summed E-state index contributed by atoms with van der Waals surface area (Å²) in [7, 11) is 1.72. The van der Waals surface area contributed by atoms with Gasteiger partial charge in [-0.15, -0.1) is 11.3 Å². The molecule has 1 unspecified atom stereocenters. The lowest BCUT2D eigenvalue weighted by Crippen LogP contribution is -2.28. The molecule has 2 aromatic heterocycles. The van der Waals surface area contributed by atoms with E-state index in [2.05, 4.69) is 4.98 Å². The molecule has 2 amide bonds. The number of likely N-dealkylation sites (tertiary alicyclic amines) is 1. The first-order valence-electron chi connectivity index (χ1n) is 6.97. The van der Waals surface area contributed by atoms with Crippen LogP contribution in [-0.2, 0) is 9.59 Å². The van der Waals surface area contributed by atoms with Crippen LogP contribution in [0.3, 0.4) is 0 Å². The van der Waals surface area contributed by atoms with E-state index < -0.39 is 0 Å². The van der Waals surface area contributed by atoms with Crippen LogP contribution in [0.15, 0.2) is 11.6 Å². The highest BCUT2D eigenvalue weighted by molar-refractivity contribution is 7.15. The van der Waals surface area contributed by atoms with E-state index in [1.165, 1.54) is 11.8 Å². The fraction of sp³-hybridized carbons (Fsp3) is 0.500. The second kappa shape index (κ2) is 5.14. The molecule has 0 spiro atoms. The summed E-state index contributed by atoms with van der Waals surface area (Å²) in [5, 5.41) is 1.98. The number of fused-ring (bicyclic) bond motifs is 1. The number of anilines is 1. The minimum Gasteiger partial charge on any atom is -0.334 e. The third-order valence-corrected chi connectivity index (χ3v) is 4.90. The van der Waals surface area contributed by atoms with E-state index in [-0.39, 0.29) is 17.9 Å². The summed E-state index contributed by atoms with van der Waals surface area (Å²) in [4.78, 5) is 32.5. The lowest BCUT2D eigenvalue weighted by Gasteiger charge is -2.21. The highest BCUT2D eigenvalue weighted by atomic mass is 32.1. The summed E-state index contributed by atoms with van der Waals surface area (Å²) in [6.45, 7) is 3.90. The number of aromatic nitrogens is 2. The molecule has 1 aliphatic rings. The maximum Gasteiger partial charge on any atom is 0.225 e. The summed E-state index contributed by atoms with van der Waals surface area (Å²) in [5.41, 5.74) is 0.904. The van der Waals surface area contributed by atoms with Crippen molar-refractivity contribution in [2.24, 2.45) is 0 Å². The molecule has 0 bridgehead atoms. The Balaban J connectivity index is 2.09. The summed E-state index contributed by atoms with van der Waals surface area (Å²) in [5.74, 6) is 0.635. The molecule has 3 heterocycles. The van der Waals surface area contributed by atoms with E-state index in [1.807, 2.05) is 20.9 Å². The van der Waals surface area contributed by atoms with Crippen molar-refractivity contribution in [1.82, 2.24) is 14.3 Å². The number of nitrogens with zero attached hydrogens (tertiary/aromatic N) is 4. The van der Waals surface area contributed by atoms with Crippen molar-refractivity contribution in [3.05, 3.63) is 17.3 Å². The zero-order valence-corrected chi connectivity index (χ0v) is 13.2. The van der Waals surface area contributed by atoms with Crippen molar-refractivity contribution in [2.45, 2.75) is 32.7 Å². The zero-order chi connectivity index (χ0) is 15.1. The van der Waals surface area contributed by atoms with Crippen LogP contribution in [0.1, 0.15) is 38.4 Å². The van der Waals surface area contributed by atoms with Crippen LogP contribution in [0.4, 0.5) is 5.95 Å². The molecule has 0 N–H and O–H groups in total. The largest absolute Gasteiger partial charge is 0.334 e. The second-order valence-corrected chi connectivity index (χ2v) is 6.22. The number of carbonyl (C=O) groups is 2. The van der Waals surface area contributed by atoms with Crippen LogP contribution in [0.5, 0.6) is 0 Å². The number of carbonyl (C=O) groups excluding carboxylic acids is 2. The zero-order valence-electron chi connectivity index (χ0n) is 12.4. The maximum absolute atomic E-state index is 11.8. The standard InChI is InChI=1S/C14H18N4O2S/c1-9(19)16(3)14-15-12(13-18(14)7-8-21-13)11-5-4-6-17(11)10(2)20/h7-8,11H,4-6H2,1-3H3. The van der Waals surface area contributed by atoms with Crippen molar-refractivity contribution in [3.63, 3.8) is 0 Å². The van der Waals surface area contributed by atoms with Crippen molar-refractivity contribution in [1.29, 1.82) is 0 Å². The average molecular weight is 306 g/mol. The molecule has 0 aliphatic carbocycles. The first kappa shape index (κ1) is 14.1. The Hall–Kier alpha value is -1.89. The van der Waals surface area contributed by atoms with Gasteiger partial charge < -0.3 is 4.90 Å². The minimum atomic E-state index is -0.0607. The van der Waals surface area contributed by atoms with E-state index in [1.54, 1.807) is 25.3 Å². The summed E-state index contributed by atoms with van der Waals surface area (Å²) >= 11 is 1.59. The van der Waals surface area contributed by atoms with Gasteiger partial charge in [-0.1, -0.05) is 0 Å². The van der Waals surface area contributed by atoms with Gasteiger partial charge in [-0.2, -0.15) is 0 Å². The molecule has 0 radical (unpaired) electrons. The van der Waals surface area contributed by atoms with Crippen molar-refractivity contribution in [3.8, 4) is 0 Å². The summed E-state index contributed by atoms with van der Waals surface area (Å²) < 4.78 is 1.93. The number of hydrogen-bond acceptors (Lipinski definition) is 4. The highest BCUT2D eigenvalue weighted by Gasteiger charge is 2.32. The van der Waals surface area contributed by atoms with Crippen molar-refractivity contribution < 1.29 is 9.59 Å². The summed E-state index contributed by atoms with van der Waals surface area (Å²) in [6.07, 6.45) is 3.83. The van der Waals surface area contributed by atoms with Gasteiger partial charge in [0.1, 0.15) is 10.5 Å². The number of thiazole rings is 1. The molecule has 7 heteroatoms. The van der Waals surface area contributed by atoms with Gasteiger partial charge in [0.25, 0.3) is 0 Å². The molecule has 1 fully saturated rings. The van der Waals surface area contributed by atoms with Crippen LogP contribution in [0.25, 0.3) is 4.83 Å². The van der Waals surface area contributed by atoms with Gasteiger partial charge in [0, 0.05) is 39.0 Å². The number of imidazole rings is 1. The Morgan fingerprint density at radius 2 is 2.19 bits per heavy atom. The topological polar surface area (TPSA) is 57.9 Å². The van der Waals surface area contributed by atoms with Gasteiger partial charge in [-0.05, 0) is 12.8 Å². The minimum absolute atomic E-state index is 0.0188. The molecule has 0 aromatic carbocycles. The highest BCUT2D eigenvalue weighted by Crippen LogP contribution is 2.37. The quantitative estimate of drug-likeness (QED) is 0.853. The van der Waals surface area contributed by atoms with E-state index in [0.717, 1.165) is 29.9 Å². The fourth-order valence-electron chi connectivity index (χ4n) is 2.85. The van der Waals surface area contributed by atoms with Gasteiger partial charge >= 0.3 is 0 Å². The van der Waals surface area contributed by atoms with Crippen LogP contribution < -0.4 is 4.90 Å². The van der Waals surface area contributed by atoms with E-state index in [4.69, 9.17) is 0 Å². The molecular formula is C14H18N4O2S. The monoisotopic (exact) mass is 306 g/mol. The van der Waals surface area contributed by atoms with Gasteiger partial charge in [-0.3, -0.25) is 18.9 Å². The number of amides is 2. The molecule has 21 heavy (non-hydrogen) atoms. The Labute approximate surface area is 127 Å². The number of rotatable bonds is 2. The number of hydrogen-bond donors (Lipinski definition) is 0. The molecule has 0 saturated carbocycles. The lowest BCUT2D eigenvalue weighted by atomic mass is 10.1. The molecule has 1 atom stereocenters. The van der Waals surface area contributed by atoms with Crippen molar-refractivity contribution in [2.75, 3.05) is 18.5 Å². The van der Waals surface area contributed by atoms with Crippen LogP contribution in [0, 0.1) is 0 Å². The van der Waals surface area contributed by atoms with E-state index in [9.17, 15) is 9.59 Å². The Morgan fingerprint density at radius 3 is 2.86 bits per heavy atom. The van der Waals surface area contributed by atoms with E-state index in [0.29, 0.717) is 5.95 Å². The van der Waals surface area contributed by atoms with Crippen LogP contribution in [0.2, 0.25) is 0 Å². The molecule has 1 aliphatic heterocycles. The molecule has 1 saturated heterocycles. The predicted molar refractivity (Wildman–Crippen MR) is 81.5 cm³/mol. The normalized spacial score (nSPS) is 18.4. The lowest BCUT2D eigenvalue weighted by molar-refractivity contribution is -0.129. The van der Waals surface area contributed by atoms with Gasteiger partial charge in [0.05, 0.1) is 6.04 Å². The SMILES string of the molecule is CC(=O)N(C)c1nc(C2CCCN2C(C)=O)c2sccn12. The van der Waals surface area contributed by atoms with Crippen LogP contribution in [-0.4, -0.2) is 39.7 Å². The average Bonchev–Trinajstić information content (AvgIpc) is 3.12. The molecule has 6 nitrogen and oxygen atoms in total. The van der Waals surface area contributed by atoms with Gasteiger partial charge in [0.15, 0.2) is 0 Å². The first-order valence-corrected chi connectivity index (χ1v) is 7.85. The third kappa shape index (κ3) is 2.21. The van der Waals surface area contributed by atoms with Gasteiger partial charge in [0.2, 0.25) is 17.8 Å². The third-order valence-electron chi connectivity index (χ3n) is 4.01. The maximum atomic E-state index is 11.8. The smallest absolute Gasteiger partial charge is 0.225 e. The second-order valence-electron chi connectivity index (χ2n) is 5.32. The van der Waals surface area contributed by atoms with Crippen LogP contribution >= 0.6 is 11.3 Å². The first-order chi connectivity index (χ1) is 10.0. The Bertz CT molecular complexity index is 705. The molecular weight excluding hydrogens is 288 g/mol. The van der Waals surface area contributed by atoms with Gasteiger partial charge in [-0.25, -0.2) is 4.98 Å². The molecule has 2 aromatic rings. The van der Waals surface area contributed by atoms with E-state index >= 15 is 0 Å². The fourth-order valence-corrected chi connectivity index (χ4v) is 3.72.